The Morgan fingerprint density at radius 2 is 1.75 bits per heavy atom. The molecule has 1 amide bonds. The fourth-order valence-electron chi connectivity index (χ4n) is 3.03. The number of amides is 1. The smallest absolute Gasteiger partial charge is 0.445 e. The number of benzene rings is 1. The number of nitrogens with zero attached hydrogens (tertiary/aromatic N) is 1. The maximum atomic E-state index is 12.1. The van der Waals surface area contributed by atoms with E-state index in [4.69, 9.17) is 4.74 Å². The van der Waals surface area contributed by atoms with Crippen molar-refractivity contribution in [1.29, 1.82) is 0 Å². The minimum Gasteiger partial charge on any atom is -0.445 e. The standard InChI is InChI=1S/C15H17F3N2O3.ClH/c16-15(17,18)23-13-3-1-10(2-4-13)9-22-14(21)20-7-11-5-19-6-12(11)8-20;/h1-4,11-12,19H,5-9H2;1H. The minimum atomic E-state index is -4.71. The number of hydrogen-bond donors (Lipinski definition) is 1. The van der Waals surface area contributed by atoms with Gasteiger partial charge in [-0.05, 0) is 29.5 Å². The number of carbonyl (C=O) groups excluding carboxylic acids is 1. The Labute approximate surface area is 143 Å². The fourth-order valence-corrected chi connectivity index (χ4v) is 3.03. The van der Waals surface area contributed by atoms with Gasteiger partial charge < -0.3 is 19.7 Å². The maximum absolute atomic E-state index is 12.1. The van der Waals surface area contributed by atoms with Crippen molar-refractivity contribution in [3.8, 4) is 5.75 Å². The lowest BCUT2D eigenvalue weighted by Gasteiger charge is -2.17. The monoisotopic (exact) mass is 366 g/mol. The molecular weight excluding hydrogens is 349 g/mol. The quantitative estimate of drug-likeness (QED) is 0.893. The largest absolute Gasteiger partial charge is 0.573 e. The van der Waals surface area contributed by atoms with Gasteiger partial charge in [0.25, 0.3) is 0 Å². The third kappa shape index (κ3) is 4.67. The summed E-state index contributed by atoms with van der Waals surface area (Å²) in [5.41, 5.74) is 0.605. The molecule has 2 fully saturated rings. The highest BCUT2D eigenvalue weighted by atomic mass is 35.5. The van der Waals surface area contributed by atoms with Crippen LogP contribution in [0, 0.1) is 11.8 Å². The maximum Gasteiger partial charge on any atom is 0.573 e. The van der Waals surface area contributed by atoms with Crippen molar-refractivity contribution < 1.29 is 27.4 Å². The summed E-state index contributed by atoms with van der Waals surface area (Å²) in [7, 11) is 0. The Hall–Kier alpha value is -1.67. The first kappa shape index (κ1) is 18.7. The van der Waals surface area contributed by atoms with Crippen LogP contribution < -0.4 is 10.1 Å². The van der Waals surface area contributed by atoms with Crippen LogP contribution in [0.3, 0.4) is 0 Å². The molecule has 2 heterocycles. The number of rotatable bonds is 3. The highest BCUT2D eigenvalue weighted by molar-refractivity contribution is 5.85. The second kappa shape index (κ2) is 7.48. The zero-order valence-corrected chi connectivity index (χ0v) is 13.5. The lowest BCUT2D eigenvalue weighted by Crippen LogP contribution is -2.32. The van der Waals surface area contributed by atoms with Crippen molar-refractivity contribution in [2.24, 2.45) is 11.8 Å². The van der Waals surface area contributed by atoms with Gasteiger partial charge >= 0.3 is 12.5 Å². The summed E-state index contributed by atoms with van der Waals surface area (Å²) in [6.45, 7) is 3.25. The van der Waals surface area contributed by atoms with Crippen molar-refractivity contribution in [2.75, 3.05) is 26.2 Å². The molecule has 1 aromatic carbocycles. The molecule has 1 N–H and O–H groups in total. The summed E-state index contributed by atoms with van der Waals surface area (Å²) < 4.78 is 45.2. The predicted octanol–water partition coefficient (Wildman–Crippen LogP) is 2.79. The van der Waals surface area contributed by atoms with Gasteiger partial charge in [-0.2, -0.15) is 0 Å². The molecule has 134 valence electrons. The van der Waals surface area contributed by atoms with Gasteiger partial charge in [0.2, 0.25) is 0 Å². The average Bonchev–Trinajstić information content (AvgIpc) is 3.05. The van der Waals surface area contributed by atoms with E-state index in [0.717, 1.165) is 13.1 Å². The van der Waals surface area contributed by atoms with Crippen LogP contribution >= 0.6 is 12.4 Å². The van der Waals surface area contributed by atoms with E-state index in [-0.39, 0.29) is 30.9 Å². The summed E-state index contributed by atoms with van der Waals surface area (Å²) in [5.74, 6) is 0.676. The molecule has 0 bridgehead atoms. The molecule has 0 saturated carbocycles. The number of halogens is 4. The molecule has 0 aliphatic carbocycles. The van der Waals surface area contributed by atoms with E-state index in [0.29, 0.717) is 30.5 Å². The van der Waals surface area contributed by atoms with Crippen LogP contribution in [-0.2, 0) is 11.3 Å². The number of hydrogen-bond acceptors (Lipinski definition) is 4. The number of nitrogens with one attached hydrogen (secondary N) is 1. The van der Waals surface area contributed by atoms with E-state index in [1.54, 1.807) is 4.90 Å². The third-order valence-corrected chi connectivity index (χ3v) is 4.17. The first-order chi connectivity index (χ1) is 10.9. The number of carbonyl (C=O) groups is 1. The molecule has 5 nitrogen and oxygen atoms in total. The first-order valence-corrected chi connectivity index (χ1v) is 7.38. The zero-order chi connectivity index (χ0) is 16.4. The van der Waals surface area contributed by atoms with E-state index < -0.39 is 6.36 Å². The van der Waals surface area contributed by atoms with E-state index >= 15 is 0 Å². The lowest BCUT2D eigenvalue weighted by molar-refractivity contribution is -0.274. The summed E-state index contributed by atoms with van der Waals surface area (Å²) in [4.78, 5) is 13.7. The highest BCUT2D eigenvalue weighted by Crippen LogP contribution is 2.27. The first-order valence-electron chi connectivity index (χ1n) is 7.38. The second-order valence-electron chi connectivity index (χ2n) is 5.83. The van der Waals surface area contributed by atoms with Crippen LogP contribution in [0.25, 0.3) is 0 Å². The molecular formula is C15H18ClF3N2O3. The number of ether oxygens (including phenoxy) is 2. The van der Waals surface area contributed by atoms with Gasteiger partial charge in [-0.1, -0.05) is 12.1 Å². The summed E-state index contributed by atoms with van der Waals surface area (Å²) in [6.07, 6.45) is -5.09. The van der Waals surface area contributed by atoms with Gasteiger partial charge in [-0.15, -0.1) is 25.6 Å². The highest BCUT2D eigenvalue weighted by Gasteiger charge is 2.38. The molecule has 1 aromatic rings. The van der Waals surface area contributed by atoms with Crippen LogP contribution in [-0.4, -0.2) is 43.5 Å². The van der Waals surface area contributed by atoms with Gasteiger partial charge in [-0.3, -0.25) is 0 Å². The lowest BCUT2D eigenvalue weighted by atomic mass is 10.0. The van der Waals surface area contributed by atoms with Crippen molar-refractivity contribution >= 4 is 18.5 Å². The van der Waals surface area contributed by atoms with Gasteiger partial charge in [0.1, 0.15) is 12.4 Å². The van der Waals surface area contributed by atoms with Gasteiger partial charge in [0.05, 0.1) is 0 Å². The third-order valence-electron chi connectivity index (χ3n) is 4.17. The molecule has 24 heavy (non-hydrogen) atoms. The molecule has 2 aliphatic rings. The topological polar surface area (TPSA) is 50.8 Å². The molecule has 9 heteroatoms. The van der Waals surface area contributed by atoms with Crippen molar-refractivity contribution in [3.63, 3.8) is 0 Å². The Kier molecular flexibility index (Phi) is 5.82. The minimum absolute atomic E-state index is 0. The molecule has 3 rings (SSSR count). The molecule has 2 aliphatic heterocycles. The Balaban J connectivity index is 0.00000208. The normalized spacial score (nSPS) is 22.7. The second-order valence-corrected chi connectivity index (χ2v) is 5.83. The SMILES string of the molecule is Cl.O=C(OCc1ccc(OC(F)(F)F)cc1)N1CC2CNCC2C1. The Bertz CT molecular complexity index is 556. The van der Waals surface area contributed by atoms with Gasteiger partial charge in [0.15, 0.2) is 0 Å². The molecule has 2 saturated heterocycles. The molecule has 2 atom stereocenters. The van der Waals surface area contributed by atoms with E-state index in [9.17, 15) is 18.0 Å². The van der Waals surface area contributed by atoms with Gasteiger partial charge in [-0.25, -0.2) is 4.79 Å². The summed E-state index contributed by atoms with van der Waals surface area (Å²) >= 11 is 0. The van der Waals surface area contributed by atoms with Crippen LogP contribution in [0.15, 0.2) is 24.3 Å². The van der Waals surface area contributed by atoms with Crippen molar-refractivity contribution in [3.05, 3.63) is 29.8 Å². The van der Waals surface area contributed by atoms with Crippen molar-refractivity contribution in [2.45, 2.75) is 13.0 Å². The van der Waals surface area contributed by atoms with Crippen LogP contribution in [0.4, 0.5) is 18.0 Å². The summed E-state index contributed by atoms with van der Waals surface area (Å²) in [6, 6.07) is 5.28. The zero-order valence-electron chi connectivity index (χ0n) is 12.7. The number of likely N-dealkylation sites (tertiary alicyclic amines) is 1. The molecule has 0 spiro atoms. The van der Waals surface area contributed by atoms with E-state index in [1.807, 2.05) is 0 Å². The van der Waals surface area contributed by atoms with Crippen LogP contribution in [0.1, 0.15) is 5.56 Å². The van der Waals surface area contributed by atoms with Crippen LogP contribution in [0.5, 0.6) is 5.75 Å². The Morgan fingerprint density at radius 3 is 2.29 bits per heavy atom. The molecule has 0 radical (unpaired) electrons. The predicted molar refractivity (Wildman–Crippen MR) is 82.0 cm³/mol. The Morgan fingerprint density at radius 1 is 1.17 bits per heavy atom. The molecule has 0 aromatic heterocycles. The number of fused-ring (bicyclic) bond motifs is 1. The van der Waals surface area contributed by atoms with Gasteiger partial charge in [0, 0.05) is 26.2 Å². The summed E-state index contributed by atoms with van der Waals surface area (Å²) in [5, 5.41) is 3.29. The van der Waals surface area contributed by atoms with E-state index in [2.05, 4.69) is 10.1 Å². The number of alkyl halides is 3. The average molecular weight is 367 g/mol. The fraction of sp³-hybridized carbons (Fsp3) is 0.533. The van der Waals surface area contributed by atoms with Crippen LogP contribution in [0.2, 0.25) is 0 Å². The van der Waals surface area contributed by atoms with E-state index in [1.165, 1.54) is 24.3 Å². The van der Waals surface area contributed by atoms with Crippen molar-refractivity contribution in [1.82, 2.24) is 10.2 Å². The molecule has 2 unspecified atom stereocenters.